The summed E-state index contributed by atoms with van der Waals surface area (Å²) >= 11 is 3.14. The number of nitrogen functional groups attached to an aromatic ring is 1. The van der Waals surface area contributed by atoms with Gasteiger partial charge in [-0.3, -0.25) is 4.79 Å². The number of benzene rings is 1. The number of carbonyl (C=O) groups is 1. The van der Waals surface area contributed by atoms with Crippen molar-refractivity contribution in [2.24, 2.45) is 0 Å². The molecule has 0 aliphatic heterocycles. The van der Waals surface area contributed by atoms with Crippen LogP contribution >= 0.6 is 15.9 Å². The maximum atomic E-state index is 12.5. The summed E-state index contributed by atoms with van der Waals surface area (Å²) in [5, 5.41) is 8.81. The van der Waals surface area contributed by atoms with Gasteiger partial charge in [0.25, 0.3) is 5.91 Å². The van der Waals surface area contributed by atoms with Gasteiger partial charge < -0.3 is 15.7 Å². The average Bonchev–Trinajstić information content (AvgIpc) is 2.30. The SMILES string of the molecule is Cc1c(N)cc(Br)cc1C(=O)N(CCO)CC(F)(F)F. The first-order chi connectivity index (χ1) is 9.15. The number of amides is 1. The molecule has 0 radical (unpaired) electrons. The summed E-state index contributed by atoms with van der Waals surface area (Å²) in [7, 11) is 0. The number of alkyl halides is 3. The fraction of sp³-hybridized carbons (Fsp3) is 0.417. The van der Waals surface area contributed by atoms with Crippen molar-refractivity contribution in [1.82, 2.24) is 4.90 Å². The summed E-state index contributed by atoms with van der Waals surface area (Å²) in [6, 6.07) is 2.97. The Bertz CT molecular complexity index is 506. The lowest BCUT2D eigenvalue weighted by atomic mass is 10.1. The highest BCUT2D eigenvalue weighted by Crippen LogP contribution is 2.25. The van der Waals surface area contributed by atoms with Crippen molar-refractivity contribution in [3.05, 3.63) is 27.7 Å². The fourth-order valence-electron chi connectivity index (χ4n) is 1.68. The molecule has 0 saturated carbocycles. The molecule has 0 aromatic heterocycles. The van der Waals surface area contributed by atoms with E-state index in [0.29, 0.717) is 20.6 Å². The van der Waals surface area contributed by atoms with Gasteiger partial charge in [0.1, 0.15) is 6.54 Å². The van der Waals surface area contributed by atoms with E-state index in [1.54, 1.807) is 13.0 Å². The first kappa shape index (κ1) is 16.8. The summed E-state index contributed by atoms with van der Waals surface area (Å²) < 4.78 is 37.9. The molecule has 1 aromatic rings. The lowest BCUT2D eigenvalue weighted by molar-refractivity contribution is -0.141. The Labute approximate surface area is 122 Å². The van der Waals surface area contributed by atoms with Gasteiger partial charge in [-0.1, -0.05) is 15.9 Å². The first-order valence-electron chi connectivity index (χ1n) is 5.68. The molecule has 112 valence electrons. The molecule has 0 aliphatic rings. The largest absolute Gasteiger partial charge is 0.406 e. The van der Waals surface area contributed by atoms with Crippen molar-refractivity contribution in [1.29, 1.82) is 0 Å². The van der Waals surface area contributed by atoms with Crippen molar-refractivity contribution < 1.29 is 23.1 Å². The molecular formula is C12H14BrF3N2O2. The summed E-state index contributed by atoms with van der Waals surface area (Å²) in [5.74, 6) is -0.818. The number of aliphatic hydroxyl groups excluding tert-OH is 1. The third-order valence-electron chi connectivity index (χ3n) is 2.67. The van der Waals surface area contributed by atoms with Crippen LogP contribution in [0.15, 0.2) is 16.6 Å². The van der Waals surface area contributed by atoms with Gasteiger partial charge in [0, 0.05) is 22.3 Å². The van der Waals surface area contributed by atoms with Crippen LogP contribution in [0.2, 0.25) is 0 Å². The van der Waals surface area contributed by atoms with Gasteiger partial charge in [-0.25, -0.2) is 0 Å². The Morgan fingerprint density at radius 1 is 1.45 bits per heavy atom. The van der Waals surface area contributed by atoms with E-state index in [1.165, 1.54) is 6.07 Å². The topological polar surface area (TPSA) is 66.6 Å². The van der Waals surface area contributed by atoms with Crippen LogP contribution in [0.1, 0.15) is 15.9 Å². The minimum atomic E-state index is -4.53. The number of rotatable bonds is 4. The highest BCUT2D eigenvalue weighted by molar-refractivity contribution is 9.10. The predicted octanol–water partition coefficient (Wildman–Crippen LogP) is 2.34. The van der Waals surface area contributed by atoms with Crippen molar-refractivity contribution in [2.45, 2.75) is 13.1 Å². The Hall–Kier alpha value is -1.28. The molecule has 1 aromatic carbocycles. The van der Waals surface area contributed by atoms with Gasteiger partial charge >= 0.3 is 6.18 Å². The Morgan fingerprint density at radius 3 is 2.55 bits per heavy atom. The van der Waals surface area contributed by atoms with E-state index in [0.717, 1.165) is 0 Å². The summed E-state index contributed by atoms with van der Waals surface area (Å²) in [6.45, 7) is -0.813. The third-order valence-corrected chi connectivity index (χ3v) is 3.13. The van der Waals surface area contributed by atoms with E-state index in [-0.39, 0.29) is 5.56 Å². The second-order valence-electron chi connectivity index (χ2n) is 4.23. The van der Waals surface area contributed by atoms with Crippen LogP contribution in [0, 0.1) is 6.92 Å². The quantitative estimate of drug-likeness (QED) is 0.815. The number of aliphatic hydroxyl groups is 1. The highest BCUT2D eigenvalue weighted by atomic mass is 79.9. The zero-order chi connectivity index (χ0) is 15.5. The zero-order valence-corrected chi connectivity index (χ0v) is 12.3. The van der Waals surface area contributed by atoms with Crippen LogP contribution in [0.3, 0.4) is 0 Å². The van der Waals surface area contributed by atoms with Crippen molar-refractivity contribution in [3.8, 4) is 0 Å². The zero-order valence-electron chi connectivity index (χ0n) is 10.7. The van der Waals surface area contributed by atoms with Gasteiger partial charge in [-0.15, -0.1) is 0 Å². The maximum Gasteiger partial charge on any atom is 0.406 e. The van der Waals surface area contributed by atoms with E-state index < -0.39 is 31.8 Å². The molecule has 0 aliphatic carbocycles. The Morgan fingerprint density at radius 2 is 2.05 bits per heavy atom. The summed E-state index contributed by atoms with van der Waals surface area (Å²) in [6.07, 6.45) is -4.53. The van der Waals surface area contributed by atoms with Crippen LogP contribution in [-0.4, -0.2) is 41.8 Å². The molecule has 0 heterocycles. The molecule has 0 saturated heterocycles. The number of hydrogen-bond donors (Lipinski definition) is 2. The van der Waals surface area contributed by atoms with Crippen LogP contribution in [0.5, 0.6) is 0 Å². The minimum absolute atomic E-state index is 0.0783. The Kier molecular flexibility index (Phi) is 5.41. The summed E-state index contributed by atoms with van der Waals surface area (Å²) in [5.41, 5.74) is 6.48. The number of nitrogens with zero attached hydrogens (tertiary/aromatic N) is 1. The molecule has 3 N–H and O–H groups in total. The van der Waals surface area contributed by atoms with Crippen molar-refractivity contribution in [2.75, 3.05) is 25.4 Å². The monoisotopic (exact) mass is 354 g/mol. The van der Waals surface area contributed by atoms with E-state index in [1.807, 2.05) is 0 Å². The van der Waals surface area contributed by atoms with Crippen molar-refractivity contribution >= 4 is 27.5 Å². The molecule has 4 nitrogen and oxygen atoms in total. The number of carbonyl (C=O) groups excluding carboxylic acids is 1. The molecule has 0 fully saturated rings. The van der Waals surface area contributed by atoms with Gasteiger partial charge in [-0.2, -0.15) is 13.2 Å². The van der Waals surface area contributed by atoms with Gasteiger partial charge in [0.05, 0.1) is 6.61 Å². The number of anilines is 1. The number of halogens is 4. The molecular weight excluding hydrogens is 341 g/mol. The molecule has 0 atom stereocenters. The first-order valence-corrected chi connectivity index (χ1v) is 6.47. The highest BCUT2D eigenvalue weighted by Gasteiger charge is 2.33. The van der Waals surface area contributed by atoms with E-state index in [2.05, 4.69) is 15.9 Å². The Balaban J connectivity index is 3.12. The second-order valence-corrected chi connectivity index (χ2v) is 5.15. The number of hydrogen-bond acceptors (Lipinski definition) is 3. The predicted molar refractivity (Wildman–Crippen MR) is 72.3 cm³/mol. The van der Waals surface area contributed by atoms with Gasteiger partial charge in [-0.05, 0) is 24.6 Å². The van der Waals surface area contributed by atoms with Crippen molar-refractivity contribution in [3.63, 3.8) is 0 Å². The van der Waals surface area contributed by atoms with E-state index >= 15 is 0 Å². The third kappa shape index (κ3) is 4.38. The van der Waals surface area contributed by atoms with Crippen LogP contribution < -0.4 is 5.73 Å². The van der Waals surface area contributed by atoms with Crippen LogP contribution in [-0.2, 0) is 0 Å². The maximum absolute atomic E-state index is 12.5. The number of nitrogens with two attached hydrogens (primary N) is 1. The molecule has 1 rings (SSSR count). The summed E-state index contributed by atoms with van der Waals surface area (Å²) in [4.78, 5) is 12.7. The molecule has 0 bridgehead atoms. The van der Waals surface area contributed by atoms with Crippen LogP contribution in [0.25, 0.3) is 0 Å². The minimum Gasteiger partial charge on any atom is -0.398 e. The van der Waals surface area contributed by atoms with Gasteiger partial charge in [0.2, 0.25) is 0 Å². The lowest BCUT2D eigenvalue weighted by Gasteiger charge is -2.24. The van der Waals surface area contributed by atoms with Gasteiger partial charge in [0.15, 0.2) is 0 Å². The molecule has 20 heavy (non-hydrogen) atoms. The smallest absolute Gasteiger partial charge is 0.398 e. The molecule has 0 spiro atoms. The second kappa shape index (κ2) is 6.45. The molecule has 1 amide bonds. The molecule has 8 heteroatoms. The fourth-order valence-corrected chi connectivity index (χ4v) is 2.16. The normalized spacial score (nSPS) is 11.5. The van der Waals surface area contributed by atoms with E-state index in [4.69, 9.17) is 10.8 Å². The average molecular weight is 355 g/mol. The lowest BCUT2D eigenvalue weighted by Crippen LogP contribution is -2.41. The van der Waals surface area contributed by atoms with Crippen LogP contribution in [0.4, 0.5) is 18.9 Å². The standard InChI is InChI=1S/C12H14BrF3N2O2/c1-7-9(4-8(13)5-10(7)17)11(20)18(2-3-19)6-12(14,15)16/h4-5,19H,2-3,6,17H2,1H3. The van der Waals surface area contributed by atoms with E-state index in [9.17, 15) is 18.0 Å². The molecule has 0 unspecified atom stereocenters.